The summed E-state index contributed by atoms with van der Waals surface area (Å²) < 4.78 is 10.5. The number of carbonyl (C=O) groups is 3. The fourth-order valence-corrected chi connectivity index (χ4v) is 3.11. The number of amides is 2. The second kappa shape index (κ2) is 7.40. The number of imide groups is 1. The summed E-state index contributed by atoms with van der Waals surface area (Å²) in [5.41, 5.74) is 0.914. The van der Waals surface area contributed by atoms with Crippen molar-refractivity contribution in [2.45, 2.75) is 6.92 Å². The van der Waals surface area contributed by atoms with E-state index in [-0.39, 0.29) is 18.1 Å². The van der Waals surface area contributed by atoms with Gasteiger partial charge in [-0.2, -0.15) is 0 Å². The van der Waals surface area contributed by atoms with Crippen LogP contribution in [0.4, 0.5) is 4.79 Å². The molecule has 0 aliphatic carbocycles. The maximum atomic E-state index is 12.3. The average molecular weight is 357 g/mol. The van der Waals surface area contributed by atoms with Gasteiger partial charge in [0.25, 0.3) is 11.1 Å². The number of furan rings is 1. The highest BCUT2D eigenvalue weighted by molar-refractivity contribution is 8.18. The van der Waals surface area contributed by atoms with Gasteiger partial charge in [0.2, 0.25) is 0 Å². The van der Waals surface area contributed by atoms with E-state index >= 15 is 0 Å². The first kappa shape index (κ1) is 17.0. The van der Waals surface area contributed by atoms with Crippen LogP contribution < -0.4 is 0 Å². The molecule has 25 heavy (non-hydrogen) atoms. The van der Waals surface area contributed by atoms with Gasteiger partial charge in [-0.25, -0.2) is 0 Å². The molecule has 1 saturated heterocycles. The van der Waals surface area contributed by atoms with Gasteiger partial charge in [0.1, 0.15) is 18.1 Å². The molecule has 1 aromatic carbocycles. The molecule has 1 aliphatic rings. The van der Waals surface area contributed by atoms with Gasteiger partial charge in [0.05, 0.1) is 11.5 Å². The number of rotatable bonds is 5. The predicted molar refractivity (Wildman–Crippen MR) is 93.5 cm³/mol. The van der Waals surface area contributed by atoms with Crippen molar-refractivity contribution < 1.29 is 23.5 Å². The van der Waals surface area contributed by atoms with E-state index in [2.05, 4.69) is 0 Å². The monoisotopic (exact) mass is 357 g/mol. The molecule has 0 bridgehead atoms. The molecule has 128 valence electrons. The van der Waals surface area contributed by atoms with Crippen molar-refractivity contribution in [2.75, 3.05) is 13.2 Å². The van der Waals surface area contributed by atoms with Gasteiger partial charge >= 0.3 is 5.97 Å². The number of esters is 1. The third-order valence-electron chi connectivity index (χ3n) is 3.42. The first-order valence-electron chi connectivity index (χ1n) is 7.64. The number of ether oxygens (including phenoxy) is 1. The minimum Gasteiger partial charge on any atom is -0.465 e. The Morgan fingerprint density at radius 1 is 1.20 bits per heavy atom. The topological polar surface area (TPSA) is 76.8 Å². The van der Waals surface area contributed by atoms with E-state index in [1.807, 2.05) is 30.3 Å². The van der Waals surface area contributed by atoms with E-state index in [9.17, 15) is 14.4 Å². The van der Waals surface area contributed by atoms with Crippen molar-refractivity contribution in [1.82, 2.24) is 4.90 Å². The van der Waals surface area contributed by atoms with Crippen molar-refractivity contribution in [3.05, 3.63) is 53.1 Å². The first-order chi connectivity index (χ1) is 12.1. The fraction of sp³-hybridized carbons (Fsp3) is 0.167. The van der Waals surface area contributed by atoms with Crippen molar-refractivity contribution >= 4 is 35.0 Å². The summed E-state index contributed by atoms with van der Waals surface area (Å²) in [7, 11) is 0. The molecule has 2 heterocycles. The van der Waals surface area contributed by atoms with Crippen LogP contribution >= 0.6 is 11.8 Å². The van der Waals surface area contributed by atoms with Crippen LogP contribution in [0.25, 0.3) is 17.4 Å². The molecule has 2 amide bonds. The number of thioether (sulfide) groups is 1. The Balaban J connectivity index is 1.76. The summed E-state index contributed by atoms with van der Waals surface area (Å²) >= 11 is 0.773. The molecule has 0 spiro atoms. The number of nitrogens with zero attached hydrogens (tertiary/aromatic N) is 1. The van der Waals surface area contributed by atoms with E-state index in [1.54, 1.807) is 19.1 Å². The van der Waals surface area contributed by atoms with Crippen molar-refractivity contribution in [1.29, 1.82) is 0 Å². The van der Waals surface area contributed by atoms with Crippen LogP contribution in [-0.4, -0.2) is 35.2 Å². The summed E-state index contributed by atoms with van der Waals surface area (Å²) in [6.07, 6.45) is 1.50. The molecule has 0 radical (unpaired) electrons. The smallest absolute Gasteiger partial charge is 0.326 e. The SMILES string of the molecule is CCOC(=O)CN1C(=O)S/C(=C/c2ccc(-c3ccccc3)o2)C1=O. The van der Waals surface area contributed by atoms with Crippen LogP contribution in [0.1, 0.15) is 12.7 Å². The maximum Gasteiger partial charge on any atom is 0.326 e. The molecule has 1 aromatic heterocycles. The standard InChI is InChI=1S/C18H15NO5S/c1-2-23-16(20)11-19-17(21)15(25-18(19)22)10-13-8-9-14(24-13)12-6-4-3-5-7-12/h3-10H,2,11H2,1H3/b15-10+. The molecule has 1 aliphatic heterocycles. The normalized spacial score (nSPS) is 15.9. The third-order valence-corrected chi connectivity index (χ3v) is 4.33. The zero-order chi connectivity index (χ0) is 17.8. The molecule has 3 rings (SSSR count). The fourth-order valence-electron chi connectivity index (χ4n) is 2.29. The molecular formula is C18H15NO5S. The van der Waals surface area contributed by atoms with E-state index in [1.165, 1.54) is 6.08 Å². The molecule has 2 aromatic rings. The Labute approximate surface area is 148 Å². The lowest BCUT2D eigenvalue weighted by atomic mass is 10.2. The highest BCUT2D eigenvalue weighted by Crippen LogP contribution is 2.33. The van der Waals surface area contributed by atoms with Gasteiger partial charge in [-0.3, -0.25) is 19.3 Å². The van der Waals surface area contributed by atoms with E-state index in [0.29, 0.717) is 11.5 Å². The van der Waals surface area contributed by atoms with Crippen molar-refractivity contribution in [3.63, 3.8) is 0 Å². The maximum absolute atomic E-state index is 12.3. The summed E-state index contributed by atoms with van der Waals surface area (Å²) in [4.78, 5) is 36.8. The Morgan fingerprint density at radius 3 is 2.68 bits per heavy atom. The Kier molecular flexibility index (Phi) is 5.04. The zero-order valence-corrected chi connectivity index (χ0v) is 14.2. The largest absolute Gasteiger partial charge is 0.465 e. The van der Waals surface area contributed by atoms with Crippen molar-refractivity contribution in [2.24, 2.45) is 0 Å². The summed E-state index contributed by atoms with van der Waals surface area (Å²) in [5.74, 6) is -0.0192. The van der Waals surface area contributed by atoms with Crippen LogP contribution in [-0.2, 0) is 14.3 Å². The lowest BCUT2D eigenvalue weighted by Crippen LogP contribution is -2.34. The van der Waals surface area contributed by atoms with Crippen LogP contribution in [0.5, 0.6) is 0 Å². The molecule has 0 unspecified atom stereocenters. The number of hydrogen-bond acceptors (Lipinski definition) is 6. The Morgan fingerprint density at radius 2 is 1.96 bits per heavy atom. The third kappa shape index (κ3) is 3.83. The number of benzene rings is 1. The Bertz CT molecular complexity index is 840. The highest BCUT2D eigenvalue weighted by Gasteiger charge is 2.36. The predicted octanol–water partition coefficient (Wildman–Crippen LogP) is 3.55. The summed E-state index contributed by atoms with van der Waals surface area (Å²) in [6.45, 7) is 1.47. The minimum atomic E-state index is -0.615. The molecule has 0 N–H and O–H groups in total. The highest BCUT2D eigenvalue weighted by atomic mass is 32.2. The quantitative estimate of drug-likeness (QED) is 0.602. The number of carbonyl (C=O) groups excluding carboxylic acids is 3. The van der Waals surface area contributed by atoms with Gasteiger partial charge in [-0.1, -0.05) is 30.3 Å². The first-order valence-corrected chi connectivity index (χ1v) is 8.46. The molecule has 0 atom stereocenters. The van der Waals surface area contributed by atoms with Crippen LogP contribution in [0.15, 0.2) is 51.8 Å². The minimum absolute atomic E-state index is 0.194. The average Bonchev–Trinajstić information content (AvgIpc) is 3.17. The van der Waals surface area contributed by atoms with E-state index in [4.69, 9.17) is 9.15 Å². The number of hydrogen-bond donors (Lipinski definition) is 0. The Hall–Kier alpha value is -2.80. The molecular weight excluding hydrogens is 342 g/mol. The van der Waals surface area contributed by atoms with Gasteiger partial charge in [-0.05, 0) is 30.8 Å². The van der Waals surface area contributed by atoms with Gasteiger partial charge < -0.3 is 9.15 Å². The van der Waals surface area contributed by atoms with Crippen LogP contribution in [0, 0.1) is 0 Å². The van der Waals surface area contributed by atoms with E-state index < -0.39 is 17.1 Å². The molecule has 6 nitrogen and oxygen atoms in total. The molecule has 0 saturated carbocycles. The van der Waals surface area contributed by atoms with Gasteiger partial charge in [0.15, 0.2) is 0 Å². The summed E-state index contributed by atoms with van der Waals surface area (Å²) in [5, 5.41) is -0.501. The van der Waals surface area contributed by atoms with Gasteiger partial charge in [0, 0.05) is 11.6 Å². The van der Waals surface area contributed by atoms with E-state index in [0.717, 1.165) is 22.2 Å². The van der Waals surface area contributed by atoms with Crippen molar-refractivity contribution in [3.8, 4) is 11.3 Å². The second-order valence-electron chi connectivity index (χ2n) is 5.14. The van der Waals surface area contributed by atoms with Crippen LogP contribution in [0.2, 0.25) is 0 Å². The lowest BCUT2D eigenvalue weighted by molar-refractivity contribution is -0.145. The second-order valence-corrected chi connectivity index (χ2v) is 6.13. The molecule has 7 heteroatoms. The van der Waals surface area contributed by atoms with Crippen LogP contribution in [0.3, 0.4) is 0 Å². The zero-order valence-electron chi connectivity index (χ0n) is 13.4. The molecule has 1 fully saturated rings. The van der Waals surface area contributed by atoms with Gasteiger partial charge in [-0.15, -0.1) is 0 Å². The lowest BCUT2D eigenvalue weighted by Gasteiger charge is -2.10. The summed E-state index contributed by atoms with van der Waals surface area (Å²) in [6, 6.07) is 13.1.